The van der Waals surface area contributed by atoms with E-state index in [0.29, 0.717) is 16.4 Å². The van der Waals surface area contributed by atoms with E-state index in [1.54, 1.807) is 13.3 Å². The Labute approximate surface area is 116 Å². The number of thioether (sulfide) groups is 1. The van der Waals surface area contributed by atoms with Crippen molar-refractivity contribution in [2.75, 3.05) is 0 Å². The van der Waals surface area contributed by atoms with Crippen LogP contribution in [0, 0.1) is 6.92 Å². The first-order valence-electron chi connectivity index (χ1n) is 5.46. The number of hydrogen-bond acceptors (Lipinski definition) is 7. The van der Waals surface area contributed by atoms with Gasteiger partial charge in [-0.15, -0.1) is 10.2 Å². The second kappa shape index (κ2) is 4.74. The maximum atomic E-state index is 11.7. The third-order valence-electron chi connectivity index (χ3n) is 2.41. The fraction of sp³-hybridized carbons (Fsp3) is 0.300. The van der Waals surface area contributed by atoms with E-state index >= 15 is 0 Å². The van der Waals surface area contributed by atoms with E-state index in [4.69, 9.17) is 0 Å². The predicted octanol–water partition coefficient (Wildman–Crippen LogP) is 0.880. The van der Waals surface area contributed by atoms with E-state index in [1.165, 1.54) is 33.7 Å². The molecule has 3 aromatic heterocycles. The molecule has 0 aliphatic heterocycles. The number of fused-ring (bicyclic) bond motifs is 1. The molecule has 0 aromatic carbocycles. The van der Waals surface area contributed by atoms with Gasteiger partial charge in [-0.1, -0.05) is 23.1 Å². The Balaban J connectivity index is 1.88. The molecule has 3 aromatic rings. The number of hydrogen-bond donors (Lipinski definition) is 0. The molecule has 0 bridgehead atoms. The van der Waals surface area contributed by atoms with Gasteiger partial charge in [0.15, 0.2) is 5.16 Å². The number of aromatic nitrogens is 6. The fourth-order valence-electron chi connectivity index (χ4n) is 1.55. The van der Waals surface area contributed by atoms with Crippen LogP contribution in [0.4, 0.5) is 0 Å². The van der Waals surface area contributed by atoms with Crippen LogP contribution >= 0.6 is 23.1 Å². The van der Waals surface area contributed by atoms with Crippen molar-refractivity contribution in [3.05, 3.63) is 33.4 Å². The summed E-state index contributed by atoms with van der Waals surface area (Å²) in [6, 6.07) is 1.48. The molecule has 0 aliphatic carbocycles. The lowest BCUT2D eigenvalue weighted by molar-refractivity contribution is 0.787. The molecule has 0 fully saturated rings. The molecule has 98 valence electrons. The number of aryl methyl sites for hydroxylation is 2. The molecule has 3 rings (SSSR count). The average molecular weight is 294 g/mol. The topological polar surface area (TPSA) is 78.0 Å². The predicted molar refractivity (Wildman–Crippen MR) is 72.4 cm³/mol. The van der Waals surface area contributed by atoms with Gasteiger partial charge in [0.1, 0.15) is 11.3 Å². The normalized spacial score (nSPS) is 11.3. The zero-order chi connectivity index (χ0) is 13.4. The van der Waals surface area contributed by atoms with Crippen LogP contribution in [0.15, 0.2) is 22.3 Å². The van der Waals surface area contributed by atoms with Crippen LogP contribution in [0.1, 0.15) is 10.7 Å². The Hall–Kier alpha value is -1.74. The highest BCUT2D eigenvalue weighted by atomic mass is 32.2. The minimum Gasteiger partial charge on any atom is -0.312 e. The van der Waals surface area contributed by atoms with Crippen molar-refractivity contribution < 1.29 is 0 Å². The van der Waals surface area contributed by atoms with Gasteiger partial charge in [-0.2, -0.15) is 9.61 Å². The van der Waals surface area contributed by atoms with Gasteiger partial charge in [-0.05, 0) is 6.92 Å². The van der Waals surface area contributed by atoms with Gasteiger partial charge in [0, 0.05) is 18.8 Å². The van der Waals surface area contributed by atoms with Gasteiger partial charge in [0.05, 0.1) is 5.75 Å². The summed E-state index contributed by atoms with van der Waals surface area (Å²) in [7, 11) is 1.89. The molecule has 0 atom stereocenters. The Morgan fingerprint density at radius 2 is 2.32 bits per heavy atom. The number of nitrogens with zero attached hydrogens (tertiary/aromatic N) is 6. The largest absolute Gasteiger partial charge is 0.312 e. The fourth-order valence-corrected chi connectivity index (χ4v) is 3.37. The first-order valence-corrected chi connectivity index (χ1v) is 7.27. The summed E-state index contributed by atoms with van der Waals surface area (Å²) in [4.78, 5) is 16.7. The van der Waals surface area contributed by atoms with Crippen LogP contribution in [0.25, 0.3) is 4.96 Å². The summed E-state index contributed by atoms with van der Waals surface area (Å²) in [6.45, 7) is 1.80. The highest BCUT2D eigenvalue weighted by Gasteiger charge is 2.09. The van der Waals surface area contributed by atoms with Crippen LogP contribution in [0.2, 0.25) is 0 Å². The molecule has 0 saturated heterocycles. The monoisotopic (exact) mass is 294 g/mol. The molecule has 0 amide bonds. The summed E-state index contributed by atoms with van der Waals surface area (Å²) in [5.74, 6) is 0.638. The lowest BCUT2D eigenvalue weighted by Crippen LogP contribution is -2.14. The van der Waals surface area contributed by atoms with Crippen LogP contribution in [-0.4, -0.2) is 29.4 Å². The van der Waals surface area contributed by atoms with Crippen molar-refractivity contribution in [3.63, 3.8) is 0 Å². The highest BCUT2D eigenvalue weighted by molar-refractivity contribution is 7.98. The Morgan fingerprint density at radius 3 is 3.05 bits per heavy atom. The van der Waals surface area contributed by atoms with Crippen molar-refractivity contribution >= 4 is 28.1 Å². The van der Waals surface area contributed by atoms with Crippen molar-refractivity contribution in [1.82, 2.24) is 29.4 Å². The standard InChI is InChI=1S/C10H10N6OS2/c1-6-3-8(17)16-9(12-6)19-7(14-16)4-18-10-13-11-5-15(10)2/h3,5H,4H2,1-2H3. The van der Waals surface area contributed by atoms with Crippen LogP contribution in [0.3, 0.4) is 0 Å². The summed E-state index contributed by atoms with van der Waals surface area (Å²) in [5.41, 5.74) is 0.565. The maximum Gasteiger partial charge on any atom is 0.275 e. The van der Waals surface area contributed by atoms with E-state index in [0.717, 1.165) is 10.2 Å². The molecular weight excluding hydrogens is 284 g/mol. The smallest absolute Gasteiger partial charge is 0.275 e. The molecule has 0 N–H and O–H groups in total. The summed E-state index contributed by atoms with van der Waals surface area (Å²) >= 11 is 2.94. The SMILES string of the molecule is Cc1cc(=O)n2nc(CSc3nncn3C)sc2n1. The zero-order valence-corrected chi connectivity index (χ0v) is 11.9. The van der Waals surface area contributed by atoms with Gasteiger partial charge >= 0.3 is 0 Å². The molecule has 9 heteroatoms. The van der Waals surface area contributed by atoms with Crippen molar-refractivity contribution in [2.45, 2.75) is 17.8 Å². The highest BCUT2D eigenvalue weighted by Crippen LogP contribution is 2.22. The van der Waals surface area contributed by atoms with E-state index < -0.39 is 0 Å². The van der Waals surface area contributed by atoms with Crippen LogP contribution < -0.4 is 5.56 Å². The number of rotatable bonds is 3. The van der Waals surface area contributed by atoms with E-state index in [2.05, 4.69) is 20.3 Å². The third kappa shape index (κ3) is 2.38. The molecule has 0 unspecified atom stereocenters. The molecule has 19 heavy (non-hydrogen) atoms. The third-order valence-corrected chi connectivity index (χ3v) is 4.55. The van der Waals surface area contributed by atoms with Gasteiger partial charge < -0.3 is 4.57 Å². The maximum absolute atomic E-state index is 11.7. The minimum atomic E-state index is -0.145. The van der Waals surface area contributed by atoms with Gasteiger partial charge in [0.2, 0.25) is 4.96 Å². The van der Waals surface area contributed by atoms with Gasteiger partial charge in [-0.25, -0.2) is 4.98 Å². The molecule has 7 nitrogen and oxygen atoms in total. The molecule has 0 saturated carbocycles. The summed E-state index contributed by atoms with van der Waals surface area (Å²) < 4.78 is 3.18. The summed E-state index contributed by atoms with van der Waals surface area (Å²) in [6.07, 6.45) is 1.65. The Kier molecular flexibility index (Phi) is 3.07. The average Bonchev–Trinajstić information content (AvgIpc) is 2.92. The first-order chi connectivity index (χ1) is 9.13. The zero-order valence-electron chi connectivity index (χ0n) is 10.3. The molecule has 0 spiro atoms. The quantitative estimate of drug-likeness (QED) is 0.667. The first kappa shape index (κ1) is 12.3. The second-order valence-corrected chi connectivity index (χ2v) is 5.92. The molecule has 3 heterocycles. The molecule has 0 aliphatic rings. The van der Waals surface area contributed by atoms with Crippen LogP contribution in [0.5, 0.6) is 0 Å². The lowest BCUT2D eigenvalue weighted by atomic mass is 10.5. The van der Waals surface area contributed by atoms with E-state index in [9.17, 15) is 4.79 Å². The van der Waals surface area contributed by atoms with E-state index in [1.807, 2.05) is 11.6 Å². The molecular formula is C10H10N6OS2. The molecule has 0 radical (unpaired) electrons. The van der Waals surface area contributed by atoms with E-state index in [-0.39, 0.29) is 5.56 Å². The minimum absolute atomic E-state index is 0.145. The van der Waals surface area contributed by atoms with Gasteiger partial charge in [0.25, 0.3) is 5.56 Å². The van der Waals surface area contributed by atoms with Crippen molar-refractivity contribution in [1.29, 1.82) is 0 Å². The Bertz CT molecular complexity index is 789. The lowest BCUT2D eigenvalue weighted by Gasteiger charge is -1.96. The van der Waals surface area contributed by atoms with Crippen LogP contribution in [-0.2, 0) is 12.8 Å². The van der Waals surface area contributed by atoms with Crippen molar-refractivity contribution in [3.8, 4) is 0 Å². The second-order valence-electron chi connectivity index (χ2n) is 3.94. The summed E-state index contributed by atoms with van der Waals surface area (Å²) in [5, 5.41) is 13.7. The Morgan fingerprint density at radius 1 is 1.47 bits per heavy atom. The van der Waals surface area contributed by atoms with Crippen molar-refractivity contribution in [2.24, 2.45) is 7.05 Å². The van der Waals surface area contributed by atoms with Gasteiger partial charge in [-0.3, -0.25) is 4.79 Å².